The molecule has 0 unspecified atom stereocenters. The van der Waals surface area contributed by atoms with Crippen LogP contribution in [0.4, 0.5) is 5.69 Å². The third-order valence-corrected chi connectivity index (χ3v) is 4.72. The highest BCUT2D eigenvalue weighted by Gasteiger charge is 2.19. The van der Waals surface area contributed by atoms with Crippen LogP contribution in [0, 0.1) is 0 Å². The van der Waals surface area contributed by atoms with Crippen molar-refractivity contribution < 1.29 is 22.7 Å². The van der Waals surface area contributed by atoms with Gasteiger partial charge in [0, 0.05) is 17.3 Å². The molecule has 1 aliphatic heterocycles. The zero-order valence-electron chi connectivity index (χ0n) is 12.4. The van der Waals surface area contributed by atoms with Crippen molar-refractivity contribution in [1.82, 2.24) is 0 Å². The first kappa shape index (κ1) is 15.4. The van der Waals surface area contributed by atoms with Crippen molar-refractivity contribution in [3.8, 4) is 11.5 Å². The molecule has 0 saturated carbocycles. The minimum absolute atomic E-state index is 0.0648. The Morgan fingerprint density at radius 3 is 2.52 bits per heavy atom. The summed E-state index contributed by atoms with van der Waals surface area (Å²) in [5, 5.41) is 0. The Hall–Kier alpha value is -2.54. The lowest BCUT2D eigenvalue weighted by Gasteiger charge is -2.19. The van der Waals surface area contributed by atoms with Crippen molar-refractivity contribution in [1.29, 1.82) is 0 Å². The molecule has 1 N–H and O–H groups in total. The van der Waals surface area contributed by atoms with Gasteiger partial charge in [0.15, 0.2) is 17.3 Å². The number of ether oxygens (including phenoxy) is 2. The summed E-state index contributed by atoms with van der Waals surface area (Å²) in [5.74, 6) is 0.788. The number of nitrogens with one attached hydrogen (secondary N) is 1. The molecule has 120 valence electrons. The van der Waals surface area contributed by atoms with E-state index in [-0.39, 0.29) is 10.7 Å². The zero-order chi connectivity index (χ0) is 16.4. The molecule has 1 heterocycles. The van der Waals surface area contributed by atoms with Crippen LogP contribution >= 0.6 is 0 Å². The Labute approximate surface area is 134 Å². The maximum atomic E-state index is 12.5. The van der Waals surface area contributed by atoms with Crippen LogP contribution in [0.1, 0.15) is 17.3 Å². The van der Waals surface area contributed by atoms with Crippen LogP contribution in [0.25, 0.3) is 0 Å². The number of anilines is 1. The molecule has 2 aromatic rings. The predicted molar refractivity (Wildman–Crippen MR) is 84.7 cm³/mol. The fraction of sp³-hybridized carbons (Fsp3) is 0.188. The summed E-state index contributed by atoms with van der Waals surface area (Å²) in [6, 6.07) is 10.8. The standard InChI is InChI=1S/C16H15NO5S/c1-11(18)12-3-2-4-13(9-12)17-23(19,20)14-5-6-15-16(10-14)22-8-7-21-15/h2-6,9-10,17H,7-8H2,1H3. The Morgan fingerprint density at radius 2 is 1.78 bits per heavy atom. The molecule has 1 aliphatic rings. The van der Waals surface area contributed by atoms with E-state index in [1.807, 2.05) is 0 Å². The number of ketones is 1. The van der Waals surface area contributed by atoms with E-state index in [1.165, 1.54) is 25.1 Å². The lowest BCUT2D eigenvalue weighted by Crippen LogP contribution is -2.17. The van der Waals surface area contributed by atoms with E-state index in [9.17, 15) is 13.2 Å². The van der Waals surface area contributed by atoms with Gasteiger partial charge in [0.2, 0.25) is 0 Å². The molecule has 0 fully saturated rings. The van der Waals surface area contributed by atoms with Gasteiger partial charge in [0.1, 0.15) is 13.2 Å². The normalized spacial score (nSPS) is 13.4. The molecule has 23 heavy (non-hydrogen) atoms. The molecule has 0 amide bonds. The summed E-state index contributed by atoms with van der Waals surface area (Å²) >= 11 is 0. The predicted octanol–water partition coefficient (Wildman–Crippen LogP) is 2.46. The van der Waals surface area contributed by atoms with E-state index in [0.717, 1.165) is 0 Å². The van der Waals surface area contributed by atoms with Crippen LogP contribution in [0.5, 0.6) is 11.5 Å². The van der Waals surface area contributed by atoms with Gasteiger partial charge in [-0.3, -0.25) is 9.52 Å². The topological polar surface area (TPSA) is 81.7 Å². The number of Topliss-reactive ketones (excluding diaryl/α,β-unsaturated/α-hetero) is 1. The highest BCUT2D eigenvalue weighted by molar-refractivity contribution is 7.92. The van der Waals surface area contributed by atoms with Crippen molar-refractivity contribution in [3.63, 3.8) is 0 Å². The van der Waals surface area contributed by atoms with Gasteiger partial charge < -0.3 is 9.47 Å². The van der Waals surface area contributed by atoms with E-state index in [1.54, 1.807) is 24.3 Å². The van der Waals surface area contributed by atoms with Gasteiger partial charge in [0.25, 0.3) is 10.0 Å². The van der Waals surface area contributed by atoms with Gasteiger partial charge in [-0.25, -0.2) is 8.42 Å². The van der Waals surface area contributed by atoms with Gasteiger partial charge in [-0.15, -0.1) is 0 Å². The van der Waals surface area contributed by atoms with E-state index in [0.29, 0.717) is 36.0 Å². The fourth-order valence-corrected chi connectivity index (χ4v) is 3.27. The lowest BCUT2D eigenvalue weighted by molar-refractivity contribution is 0.101. The third kappa shape index (κ3) is 3.29. The zero-order valence-corrected chi connectivity index (χ0v) is 13.2. The molecule has 0 saturated heterocycles. The van der Waals surface area contributed by atoms with Crippen LogP contribution in [0.2, 0.25) is 0 Å². The molecule has 2 aromatic carbocycles. The van der Waals surface area contributed by atoms with E-state index < -0.39 is 10.0 Å². The van der Waals surface area contributed by atoms with E-state index >= 15 is 0 Å². The second kappa shape index (κ2) is 5.92. The molecule has 0 spiro atoms. The third-order valence-electron chi connectivity index (χ3n) is 3.35. The summed E-state index contributed by atoms with van der Waals surface area (Å²) in [4.78, 5) is 11.5. The molecule has 0 atom stereocenters. The Bertz CT molecular complexity index is 861. The number of rotatable bonds is 4. The van der Waals surface area contributed by atoms with Gasteiger partial charge in [-0.05, 0) is 31.2 Å². The largest absolute Gasteiger partial charge is 0.486 e. The number of sulfonamides is 1. The van der Waals surface area contributed by atoms with E-state index in [2.05, 4.69) is 4.72 Å². The van der Waals surface area contributed by atoms with Crippen LogP contribution < -0.4 is 14.2 Å². The number of carbonyl (C=O) groups is 1. The Balaban J connectivity index is 1.90. The molecule has 0 bridgehead atoms. The van der Waals surface area contributed by atoms with Gasteiger partial charge in [0.05, 0.1) is 4.90 Å². The molecule has 0 aliphatic carbocycles. The average molecular weight is 333 g/mol. The number of benzene rings is 2. The van der Waals surface area contributed by atoms with Crippen molar-refractivity contribution in [2.45, 2.75) is 11.8 Å². The van der Waals surface area contributed by atoms with Crippen LogP contribution in [0.3, 0.4) is 0 Å². The fourth-order valence-electron chi connectivity index (χ4n) is 2.21. The van der Waals surface area contributed by atoms with Crippen LogP contribution in [0.15, 0.2) is 47.4 Å². The summed E-state index contributed by atoms with van der Waals surface area (Å²) in [6.07, 6.45) is 0. The molecule has 7 heteroatoms. The summed E-state index contributed by atoms with van der Waals surface area (Å²) in [6.45, 7) is 2.24. The van der Waals surface area contributed by atoms with Crippen molar-refractivity contribution in [3.05, 3.63) is 48.0 Å². The maximum Gasteiger partial charge on any atom is 0.262 e. The average Bonchev–Trinajstić information content (AvgIpc) is 2.54. The first-order valence-corrected chi connectivity index (χ1v) is 8.47. The minimum Gasteiger partial charge on any atom is -0.486 e. The first-order valence-electron chi connectivity index (χ1n) is 6.99. The van der Waals surface area contributed by atoms with E-state index in [4.69, 9.17) is 9.47 Å². The van der Waals surface area contributed by atoms with Crippen molar-refractivity contribution in [2.75, 3.05) is 17.9 Å². The monoisotopic (exact) mass is 333 g/mol. The maximum absolute atomic E-state index is 12.5. The smallest absolute Gasteiger partial charge is 0.262 e. The molecule has 6 nitrogen and oxygen atoms in total. The highest BCUT2D eigenvalue weighted by atomic mass is 32.2. The molecular weight excluding hydrogens is 318 g/mol. The SMILES string of the molecule is CC(=O)c1cccc(NS(=O)(=O)c2ccc3c(c2)OCCO3)c1. The number of carbonyl (C=O) groups excluding carboxylic acids is 1. The number of hydrogen-bond donors (Lipinski definition) is 1. The first-order chi connectivity index (χ1) is 11.0. The Kier molecular flexibility index (Phi) is 3.96. The quantitative estimate of drug-likeness (QED) is 0.869. The summed E-state index contributed by atoms with van der Waals surface area (Å²) < 4.78 is 38.2. The van der Waals surface area contributed by atoms with Gasteiger partial charge >= 0.3 is 0 Å². The lowest BCUT2D eigenvalue weighted by atomic mass is 10.1. The van der Waals surface area contributed by atoms with Gasteiger partial charge in [-0.1, -0.05) is 12.1 Å². The molecule has 0 radical (unpaired) electrons. The second-order valence-corrected chi connectivity index (χ2v) is 6.73. The minimum atomic E-state index is -3.79. The second-order valence-electron chi connectivity index (χ2n) is 5.05. The molecule has 3 rings (SSSR count). The van der Waals surface area contributed by atoms with Crippen molar-refractivity contribution >= 4 is 21.5 Å². The van der Waals surface area contributed by atoms with Crippen LogP contribution in [-0.2, 0) is 10.0 Å². The summed E-state index contributed by atoms with van der Waals surface area (Å²) in [7, 11) is -3.79. The number of fused-ring (bicyclic) bond motifs is 1. The molecular formula is C16H15NO5S. The summed E-state index contributed by atoms with van der Waals surface area (Å²) in [5.41, 5.74) is 0.764. The van der Waals surface area contributed by atoms with Crippen molar-refractivity contribution in [2.24, 2.45) is 0 Å². The van der Waals surface area contributed by atoms with Crippen LogP contribution in [-0.4, -0.2) is 27.4 Å². The van der Waals surface area contributed by atoms with Gasteiger partial charge in [-0.2, -0.15) is 0 Å². The molecule has 0 aromatic heterocycles. The highest BCUT2D eigenvalue weighted by Crippen LogP contribution is 2.32. The number of hydrogen-bond acceptors (Lipinski definition) is 5. The Morgan fingerprint density at radius 1 is 1.04 bits per heavy atom.